The first-order valence-corrected chi connectivity index (χ1v) is 33.8. The summed E-state index contributed by atoms with van der Waals surface area (Å²) in [6, 6.07) is 0. The Bertz CT molecular complexity index is 2190. The highest BCUT2D eigenvalue weighted by Crippen LogP contribution is 2.62. The van der Waals surface area contributed by atoms with Crippen molar-refractivity contribution in [3.05, 3.63) is 0 Å². The van der Waals surface area contributed by atoms with Crippen molar-refractivity contribution in [1.29, 1.82) is 0 Å². The summed E-state index contributed by atoms with van der Waals surface area (Å²) in [6.45, 7) is 35.9. The minimum Gasteiger partial charge on any atom is -0.392 e. The van der Waals surface area contributed by atoms with Crippen LogP contribution in [-0.4, -0.2) is 228 Å². The van der Waals surface area contributed by atoms with Crippen LogP contribution in [0.2, 0.25) is 0 Å². The average molecular weight is 1320 g/mol. The Morgan fingerprint density at radius 1 is 0.500 bits per heavy atom. The number of nitrogens with zero attached hydrogens (tertiary/aromatic N) is 3. The van der Waals surface area contributed by atoms with Crippen LogP contribution >= 0.6 is 24.4 Å². The van der Waals surface area contributed by atoms with Crippen LogP contribution in [0.4, 0.5) is 0 Å². The maximum atomic E-state index is 15.0. The summed E-state index contributed by atoms with van der Waals surface area (Å²) in [5.74, 6) is -2.53. The second kappa shape index (κ2) is 45.7. The van der Waals surface area contributed by atoms with E-state index in [2.05, 4.69) is 80.0 Å². The van der Waals surface area contributed by atoms with Gasteiger partial charge in [0.2, 0.25) is 41.4 Å². The Balaban J connectivity index is 0.00000194. The van der Waals surface area contributed by atoms with Gasteiger partial charge in [0.25, 0.3) is 0 Å². The average Bonchev–Trinajstić information content (AvgIpc) is 0.696. The lowest BCUT2D eigenvalue weighted by Crippen LogP contribution is -2.72. The highest BCUT2D eigenvalue weighted by molar-refractivity contribution is 7.80. The standard InChI is InChI=1S/C40H77N9O7S.C16H33N3O3.C7H12N2OS/c1-9-12-16-31(51)42-19-14-21-45-34(54)39(7,40(8,35(55)48-29-30(4)50)38(6,11-3)32(52)43-18-13-17-41)37(5,10-2)33(53)44-20-15-22-46-36(57)47-23-24-49-25-27-56-28-26-49;1-6-15(4,13(21)18-10-8-9-17)16(5,7-2)14(22)19-11-12(3)20;11-7-8-1-2-9-3-5-10-6-4-9/h30,50H,9-29,41H2,1-8H3,(H,42,51)(H,43,52)(H,44,53)(H,45,54)(H,48,55)(H2,46,47,57);12,20H,6-11,17H2,1-5H3,(H,18,21)(H,19,22);1-6H2. The molecule has 15 N–H and O–H groups in total. The Labute approximate surface area is 550 Å². The summed E-state index contributed by atoms with van der Waals surface area (Å²) in [4.78, 5) is 105. The van der Waals surface area contributed by atoms with Crippen molar-refractivity contribution in [3.8, 4) is 0 Å². The van der Waals surface area contributed by atoms with Gasteiger partial charge in [-0.2, -0.15) is 0 Å². The van der Waals surface area contributed by atoms with Gasteiger partial charge in [-0.1, -0.05) is 41.0 Å². The second-order valence-corrected chi connectivity index (χ2v) is 25.2. The van der Waals surface area contributed by atoms with E-state index in [1.165, 1.54) is 6.92 Å². The molecule has 0 aromatic heterocycles. The third-order valence-corrected chi connectivity index (χ3v) is 19.2. The molecule has 2 aliphatic heterocycles. The van der Waals surface area contributed by atoms with E-state index >= 15 is 0 Å². The molecule has 2 fully saturated rings. The molecule has 0 spiro atoms. The van der Waals surface area contributed by atoms with E-state index in [1.807, 2.05) is 34.6 Å². The van der Waals surface area contributed by atoms with Crippen LogP contribution in [0.1, 0.15) is 161 Å². The van der Waals surface area contributed by atoms with E-state index in [0.717, 1.165) is 85.1 Å². The molecule has 2 saturated heterocycles. The largest absolute Gasteiger partial charge is 0.392 e. The summed E-state index contributed by atoms with van der Waals surface area (Å²) in [5, 5.41) is 49.1. The van der Waals surface area contributed by atoms with Crippen molar-refractivity contribution in [2.45, 2.75) is 173 Å². The normalized spacial score (nSPS) is 18.1. The quantitative estimate of drug-likeness (QED) is 0.0237. The van der Waals surface area contributed by atoms with Gasteiger partial charge >= 0.3 is 0 Å². The van der Waals surface area contributed by atoms with Gasteiger partial charge in [0.1, 0.15) is 0 Å². The van der Waals surface area contributed by atoms with E-state index in [9.17, 15) is 43.8 Å². The van der Waals surface area contributed by atoms with E-state index < -0.39 is 68.3 Å². The third kappa shape index (κ3) is 26.5. The third-order valence-electron chi connectivity index (χ3n) is 18.8. The zero-order valence-electron chi connectivity index (χ0n) is 57.4. The number of aliphatic imine (C=N–C) groups is 1. The fourth-order valence-corrected chi connectivity index (χ4v) is 11.4. The molecular weight excluding hydrogens is 1190 g/mol. The molecule has 522 valence electrons. The summed E-state index contributed by atoms with van der Waals surface area (Å²) in [5.41, 5.74) is 2.71. The lowest BCUT2D eigenvalue weighted by molar-refractivity contribution is -0.188. The maximum Gasteiger partial charge on any atom is 0.228 e. The fraction of sp³-hybridized carbons (Fsp3) is 0.857. The molecule has 25 nitrogen and oxygen atoms in total. The van der Waals surface area contributed by atoms with Gasteiger partial charge in [-0.15, -0.1) is 0 Å². The number of carbonyl (C=O) groups is 7. The number of thiocarbonyl (C=S) groups is 2. The number of hydrogen-bond acceptors (Lipinski definition) is 18. The van der Waals surface area contributed by atoms with Crippen LogP contribution < -0.4 is 59.3 Å². The van der Waals surface area contributed by atoms with Crippen molar-refractivity contribution in [1.82, 2.24) is 57.7 Å². The predicted molar refractivity (Wildman–Crippen MR) is 363 cm³/mol. The molecule has 8 unspecified atom stereocenters. The number of hydrogen-bond donors (Lipinski definition) is 13. The van der Waals surface area contributed by atoms with Gasteiger partial charge in [-0.05, 0) is 151 Å². The number of nitrogens with one attached hydrogen (secondary N) is 9. The van der Waals surface area contributed by atoms with Crippen LogP contribution in [0.5, 0.6) is 0 Å². The number of aliphatic hydroxyl groups excluding tert-OH is 2. The van der Waals surface area contributed by atoms with E-state index in [1.54, 1.807) is 48.5 Å². The molecule has 0 saturated carbocycles. The Morgan fingerprint density at radius 2 is 0.844 bits per heavy atom. The van der Waals surface area contributed by atoms with Crippen molar-refractivity contribution in [2.75, 3.05) is 144 Å². The van der Waals surface area contributed by atoms with Gasteiger partial charge < -0.3 is 79.0 Å². The number of amides is 7. The Kier molecular flexibility index (Phi) is 43.4. The zero-order valence-corrected chi connectivity index (χ0v) is 59.0. The molecule has 0 aromatic carbocycles. The first-order valence-electron chi connectivity index (χ1n) is 33.0. The van der Waals surface area contributed by atoms with Crippen molar-refractivity contribution < 1.29 is 53.2 Å². The monoisotopic (exact) mass is 1310 g/mol. The topological polar surface area (TPSA) is 358 Å². The number of unbranched alkanes of at least 4 members (excludes halogenated alkanes) is 1. The molecule has 2 aliphatic rings. The van der Waals surface area contributed by atoms with Gasteiger partial charge in [0.05, 0.1) is 82.8 Å². The lowest BCUT2D eigenvalue weighted by atomic mass is 9.42. The summed E-state index contributed by atoms with van der Waals surface area (Å²) >= 11 is 9.91. The summed E-state index contributed by atoms with van der Waals surface area (Å²) in [7, 11) is 0. The van der Waals surface area contributed by atoms with Crippen LogP contribution in [0.3, 0.4) is 0 Å². The number of morpholine rings is 2. The summed E-state index contributed by atoms with van der Waals surface area (Å²) in [6.07, 6.45) is 4.06. The van der Waals surface area contributed by atoms with Crippen LogP contribution in [0, 0.1) is 32.5 Å². The molecule has 7 amide bonds. The van der Waals surface area contributed by atoms with Gasteiger partial charge in [-0.25, -0.2) is 4.99 Å². The van der Waals surface area contributed by atoms with E-state index in [-0.39, 0.29) is 63.3 Å². The van der Waals surface area contributed by atoms with Crippen molar-refractivity contribution in [2.24, 2.45) is 48.9 Å². The van der Waals surface area contributed by atoms with Gasteiger partial charge in [0, 0.05) is 105 Å². The number of rotatable bonds is 41. The van der Waals surface area contributed by atoms with Crippen molar-refractivity contribution in [3.63, 3.8) is 0 Å². The SMILES string of the molecule is CCC(C)(C(=O)NCCCN)C(C)(CC)C(=O)NCC(C)O.CCCCC(=O)NCCCNC(=O)C(C)(C(C)(CC)C(=O)NCCCNC(=S)NCCN1CCOCC1)C(C)(C(=O)NCC(C)O)C(C)(CC)C(=O)NCCCN.S=C=NCCN1CCOCC1. The number of ether oxygens (including phenoxy) is 2. The van der Waals surface area contributed by atoms with E-state index in [4.69, 9.17) is 33.2 Å². The first kappa shape index (κ1) is 85.5. The minimum absolute atomic E-state index is 0.0676. The highest BCUT2D eigenvalue weighted by atomic mass is 32.1. The molecular formula is C63H122N14O11S2. The highest BCUT2D eigenvalue weighted by Gasteiger charge is 2.72. The molecule has 0 aliphatic carbocycles. The Morgan fingerprint density at radius 3 is 1.24 bits per heavy atom. The molecule has 8 atom stereocenters. The first-order chi connectivity index (χ1) is 42.6. The van der Waals surface area contributed by atoms with E-state index in [0.29, 0.717) is 89.3 Å². The number of carbonyl (C=O) groups excluding carboxylic acids is 7. The fourth-order valence-electron chi connectivity index (χ4n) is 11.1. The summed E-state index contributed by atoms with van der Waals surface area (Å²) < 4.78 is 10.6. The molecule has 0 radical (unpaired) electrons. The predicted octanol–water partition coefficient (Wildman–Crippen LogP) is 2.11. The number of aliphatic hydroxyl groups is 2. The molecule has 2 heterocycles. The lowest BCUT2D eigenvalue weighted by Gasteiger charge is -2.58. The van der Waals surface area contributed by atoms with Crippen LogP contribution in [0.25, 0.3) is 0 Å². The number of nitrogens with two attached hydrogens (primary N) is 2. The minimum atomic E-state index is -1.86. The molecule has 0 bridgehead atoms. The van der Waals surface area contributed by atoms with Crippen molar-refractivity contribution >= 4 is 76.1 Å². The second-order valence-electron chi connectivity index (χ2n) is 24.6. The van der Waals surface area contributed by atoms with Crippen LogP contribution in [-0.2, 0) is 43.0 Å². The van der Waals surface area contributed by atoms with Gasteiger partial charge in [-0.3, -0.25) is 43.4 Å². The smallest absolute Gasteiger partial charge is 0.228 e. The maximum absolute atomic E-state index is 15.0. The molecule has 0 aromatic rings. The molecule has 2 rings (SSSR count). The van der Waals surface area contributed by atoms with Gasteiger partial charge in [0.15, 0.2) is 5.11 Å². The Hall–Kier alpha value is -4.54. The number of isothiocyanates is 1. The van der Waals surface area contributed by atoms with Crippen LogP contribution in [0.15, 0.2) is 4.99 Å². The molecule has 27 heteroatoms. The zero-order chi connectivity index (χ0) is 68.5. The molecule has 90 heavy (non-hydrogen) atoms.